The lowest BCUT2D eigenvalue weighted by molar-refractivity contribution is 0.283. The maximum atomic E-state index is 8.84. The van der Waals surface area contributed by atoms with E-state index in [0.29, 0.717) is 0 Å². The zero-order valence-electron chi connectivity index (χ0n) is 13.5. The molecular formula is C16H28N4O. The Morgan fingerprint density at radius 1 is 1.19 bits per heavy atom. The fourth-order valence-electron chi connectivity index (χ4n) is 2.52. The molecule has 0 aromatic carbocycles. The number of aliphatic hydroxyl groups is 1. The molecule has 118 valence electrons. The summed E-state index contributed by atoms with van der Waals surface area (Å²) in [6.45, 7) is 7.69. The number of aryl methyl sites for hydroxylation is 2. The van der Waals surface area contributed by atoms with Gasteiger partial charge in [0.2, 0.25) is 0 Å². The third-order valence-corrected chi connectivity index (χ3v) is 3.47. The topological polar surface area (TPSA) is 70.1 Å². The maximum absolute atomic E-state index is 8.84. The van der Waals surface area contributed by atoms with Crippen LogP contribution in [-0.2, 0) is 12.8 Å². The van der Waals surface area contributed by atoms with Crippen molar-refractivity contribution in [2.24, 2.45) is 0 Å². The summed E-state index contributed by atoms with van der Waals surface area (Å²) in [7, 11) is 0. The number of aliphatic hydroxyl groups excluding tert-OH is 1. The first-order valence-corrected chi connectivity index (χ1v) is 8.02. The van der Waals surface area contributed by atoms with E-state index in [1.54, 1.807) is 0 Å². The number of hydrogen-bond acceptors (Lipinski definition) is 5. The molecule has 0 fully saturated rings. The Labute approximate surface area is 127 Å². The first kappa shape index (κ1) is 16.0. The van der Waals surface area contributed by atoms with E-state index in [1.807, 2.05) is 0 Å². The van der Waals surface area contributed by atoms with Gasteiger partial charge in [0.1, 0.15) is 5.82 Å². The van der Waals surface area contributed by atoms with Crippen LogP contribution in [0, 0.1) is 0 Å². The van der Waals surface area contributed by atoms with Crippen molar-refractivity contribution in [1.82, 2.24) is 9.97 Å². The third-order valence-electron chi connectivity index (χ3n) is 3.47. The van der Waals surface area contributed by atoms with Gasteiger partial charge in [-0.1, -0.05) is 6.42 Å². The van der Waals surface area contributed by atoms with Crippen LogP contribution in [0.25, 0.3) is 0 Å². The van der Waals surface area contributed by atoms with Crippen molar-refractivity contribution in [3.05, 3.63) is 11.5 Å². The number of nitrogens with zero attached hydrogens (tertiary/aromatic N) is 2. The van der Waals surface area contributed by atoms with Crippen LogP contribution in [0.3, 0.4) is 0 Å². The van der Waals surface area contributed by atoms with E-state index in [-0.39, 0.29) is 12.1 Å². The van der Waals surface area contributed by atoms with Gasteiger partial charge in [-0.15, -0.1) is 0 Å². The average Bonchev–Trinajstić information content (AvgIpc) is 2.42. The Balaban J connectivity index is 2.16. The molecule has 5 nitrogen and oxygen atoms in total. The summed E-state index contributed by atoms with van der Waals surface area (Å²) in [5, 5.41) is 15.8. The van der Waals surface area contributed by atoms with Gasteiger partial charge in [-0.05, 0) is 46.5 Å². The highest BCUT2D eigenvalue weighted by Crippen LogP contribution is 2.29. The minimum Gasteiger partial charge on any atom is -0.396 e. The number of hydrogen-bond donors (Lipinski definition) is 3. The van der Waals surface area contributed by atoms with Crippen molar-refractivity contribution in [3.8, 4) is 0 Å². The van der Waals surface area contributed by atoms with Crippen LogP contribution < -0.4 is 10.6 Å². The zero-order chi connectivity index (χ0) is 15.3. The maximum Gasteiger partial charge on any atom is 0.153 e. The van der Waals surface area contributed by atoms with Gasteiger partial charge in [0.15, 0.2) is 5.82 Å². The van der Waals surface area contributed by atoms with Gasteiger partial charge in [-0.3, -0.25) is 0 Å². The largest absolute Gasteiger partial charge is 0.396 e. The molecule has 1 aromatic rings. The van der Waals surface area contributed by atoms with Crippen molar-refractivity contribution in [3.63, 3.8) is 0 Å². The second kappa shape index (κ2) is 7.07. The van der Waals surface area contributed by atoms with Crippen molar-refractivity contribution in [2.45, 2.75) is 64.8 Å². The van der Waals surface area contributed by atoms with Gasteiger partial charge >= 0.3 is 0 Å². The average molecular weight is 292 g/mol. The minimum atomic E-state index is -0.0184. The summed E-state index contributed by atoms with van der Waals surface area (Å²) >= 11 is 0. The molecule has 0 aliphatic carbocycles. The summed E-state index contributed by atoms with van der Waals surface area (Å²) < 4.78 is 0. The van der Waals surface area contributed by atoms with E-state index in [2.05, 4.69) is 31.4 Å². The molecule has 0 saturated heterocycles. The highest BCUT2D eigenvalue weighted by Gasteiger charge is 2.20. The summed E-state index contributed by atoms with van der Waals surface area (Å²) in [6, 6.07) is 0. The summed E-state index contributed by atoms with van der Waals surface area (Å²) in [6.07, 6.45) is 5.95. The van der Waals surface area contributed by atoms with E-state index in [4.69, 9.17) is 15.1 Å². The standard InChI is InChI=1S/C16H28N4O/c1-16(2,3)20-15-14-12(8-7-10-17-14)18-13(19-15)9-5-4-6-11-21/h17,21H,4-11H2,1-3H3,(H,18,19,20). The van der Waals surface area contributed by atoms with E-state index in [0.717, 1.165) is 68.1 Å². The number of unbranched alkanes of at least 4 members (excludes halogenated alkanes) is 2. The molecule has 2 heterocycles. The molecule has 0 amide bonds. The highest BCUT2D eigenvalue weighted by molar-refractivity contribution is 5.68. The minimum absolute atomic E-state index is 0.0184. The van der Waals surface area contributed by atoms with Gasteiger partial charge < -0.3 is 15.7 Å². The van der Waals surface area contributed by atoms with Crippen molar-refractivity contribution >= 4 is 11.5 Å². The van der Waals surface area contributed by atoms with Crippen LogP contribution in [0.1, 0.15) is 58.0 Å². The predicted molar refractivity (Wildman–Crippen MR) is 86.9 cm³/mol. The van der Waals surface area contributed by atoms with Gasteiger partial charge in [0, 0.05) is 25.1 Å². The molecule has 1 aliphatic heterocycles. The second-order valence-electron chi connectivity index (χ2n) is 6.75. The predicted octanol–water partition coefficient (Wildman–Crippen LogP) is 2.75. The lowest BCUT2D eigenvalue weighted by atomic mass is 10.1. The Hall–Kier alpha value is -1.36. The normalized spacial score (nSPS) is 14.5. The van der Waals surface area contributed by atoms with E-state index < -0.39 is 0 Å². The van der Waals surface area contributed by atoms with Crippen molar-refractivity contribution in [1.29, 1.82) is 0 Å². The SMILES string of the molecule is CC(C)(C)Nc1nc(CCCCCO)nc2c1NCCC2. The molecule has 0 spiro atoms. The first-order chi connectivity index (χ1) is 9.99. The Morgan fingerprint density at radius 2 is 2.00 bits per heavy atom. The van der Waals surface area contributed by atoms with Gasteiger partial charge in [0.05, 0.1) is 11.4 Å². The molecule has 1 aliphatic rings. The van der Waals surface area contributed by atoms with Gasteiger partial charge in [-0.2, -0.15) is 0 Å². The first-order valence-electron chi connectivity index (χ1n) is 8.02. The molecule has 0 atom stereocenters. The fourth-order valence-corrected chi connectivity index (χ4v) is 2.52. The van der Waals surface area contributed by atoms with Crippen molar-refractivity contribution in [2.75, 3.05) is 23.8 Å². The van der Waals surface area contributed by atoms with Crippen LogP contribution in [-0.4, -0.2) is 33.8 Å². The summed E-state index contributed by atoms with van der Waals surface area (Å²) in [5.74, 6) is 1.85. The Kier molecular flexibility index (Phi) is 5.39. The number of fused-ring (bicyclic) bond motifs is 1. The summed E-state index contributed by atoms with van der Waals surface area (Å²) in [5.41, 5.74) is 2.20. The van der Waals surface area contributed by atoms with Gasteiger partial charge in [-0.25, -0.2) is 9.97 Å². The molecule has 0 bridgehead atoms. The number of anilines is 2. The molecule has 0 unspecified atom stereocenters. The molecule has 0 radical (unpaired) electrons. The smallest absolute Gasteiger partial charge is 0.153 e. The fraction of sp³-hybridized carbons (Fsp3) is 0.750. The molecular weight excluding hydrogens is 264 g/mol. The highest BCUT2D eigenvalue weighted by atomic mass is 16.2. The molecule has 2 rings (SSSR count). The molecule has 21 heavy (non-hydrogen) atoms. The molecule has 1 aromatic heterocycles. The van der Waals surface area contributed by atoms with Crippen LogP contribution in [0.5, 0.6) is 0 Å². The third kappa shape index (κ3) is 4.84. The van der Waals surface area contributed by atoms with Crippen LogP contribution in [0.15, 0.2) is 0 Å². The van der Waals surface area contributed by atoms with Crippen LogP contribution in [0.4, 0.5) is 11.5 Å². The van der Waals surface area contributed by atoms with Crippen molar-refractivity contribution < 1.29 is 5.11 Å². The molecule has 3 N–H and O–H groups in total. The number of nitrogens with one attached hydrogen (secondary N) is 2. The zero-order valence-corrected chi connectivity index (χ0v) is 13.5. The molecule has 5 heteroatoms. The van der Waals surface area contributed by atoms with Crippen LogP contribution >= 0.6 is 0 Å². The lowest BCUT2D eigenvalue weighted by Crippen LogP contribution is -2.29. The van der Waals surface area contributed by atoms with E-state index >= 15 is 0 Å². The van der Waals surface area contributed by atoms with Gasteiger partial charge in [0.25, 0.3) is 0 Å². The quantitative estimate of drug-likeness (QED) is 0.703. The molecule has 0 saturated carbocycles. The summed E-state index contributed by atoms with van der Waals surface area (Å²) in [4.78, 5) is 9.45. The monoisotopic (exact) mass is 292 g/mol. The van der Waals surface area contributed by atoms with E-state index in [9.17, 15) is 0 Å². The Morgan fingerprint density at radius 3 is 2.71 bits per heavy atom. The van der Waals surface area contributed by atoms with E-state index in [1.165, 1.54) is 0 Å². The second-order valence-corrected chi connectivity index (χ2v) is 6.75. The lowest BCUT2D eigenvalue weighted by Gasteiger charge is -2.27. The number of rotatable bonds is 6. The van der Waals surface area contributed by atoms with Crippen LogP contribution in [0.2, 0.25) is 0 Å². The number of aromatic nitrogens is 2. The Bertz CT molecular complexity index is 468.